The molecule has 2 heterocycles. The quantitative estimate of drug-likeness (QED) is 0.581. The molecule has 154 valence electrons. The van der Waals surface area contributed by atoms with Crippen LogP contribution in [-0.2, 0) is 0 Å². The van der Waals surface area contributed by atoms with E-state index < -0.39 is 0 Å². The molecule has 2 rings (SSSR count). The molecule has 5 heteroatoms. The van der Waals surface area contributed by atoms with Gasteiger partial charge in [0.2, 0.25) is 0 Å². The van der Waals surface area contributed by atoms with Gasteiger partial charge in [0.15, 0.2) is 11.7 Å². The second-order valence-corrected chi connectivity index (χ2v) is 7.77. The Balaban J connectivity index is 2.76. The van der Waals surface area contributed by atoms with E-state index in [1.165, 1.54) is 11.6 Å². The summed E-state index contributed by atoms with van der Waals surface area (Å²) in [5, 5.41) is 5.32. The van der Waals surface area contributed by atoms with Crippen LogP contribution in [-0.4, -0.2) is 23.5 Å². The molecule has 0 aromatic carbocycles. The third kappa shape index (κ3) is 5.22. The van der Waals surface area contributed by atoms with Crippen LogP contribution >= 0.6 is 0 Å². The third-order valence-corrected chi connectivity index (χ3v) is 5.21. The summed E-state index contributed by atoms with van der Waals surface area (Å²) in [5.74, 6) is 0.832. The molecule has 28 heavy (non-hydrogen) atoms. The minimum atomic E-state index is -0.357. The van der Waals surface area contributed by atoms with Gasteiger partial charge in [-0.2, -0.15) is 0 Å². The average molecular weight is 387 g/mol. The lowest BCUT2D eigenvalue weighted by Crippen LogP contribution is -2.36. The van der Waals surface area contributed by atoms with Crippen molar-refractivity contribution in [1.29, 1.82) is 0 Å². The monoisotopic (exact) mass is 386 g/mol. The Kier molecular flexibility index (Phi) is 8.24. The van der Waals surface area contributed by atoms with Crippen molar-refractivity contribution in [3.05, 3.63) is 46.5 Å². The van der Waals surface area contributed by atoms with Crippen molar-refractivity contribution in [2.45, 2.75) is 59.3 Å². The summed E-state index contributed by atoms with van der Waals surface area (Å²) in [4.78, 5) is 4.51. The van der Waals surface area contributed by atoms with Crippen molar-refractivity contribution in [2.24, 2.45) is 16.6 Å². The van der Waals surface area contributed by atoms with Crippen molar-refractivity contribution >= 4 is 18.1 Å². The van der Waals surface area contributed by atoms with Gasteiger partial charge in [0.25, 0.3) is 0 Å². The summed E-state index contributed by atoms with van der Waals surface area (Å²) in [6.45, 7) is 13.9. The van der Waals surface area contributed by atoms with Gasteiger partial charge in [-0.1, -0.05) is 33.4 Å². The van der Waals surface area contributed by atoms with Crippen molar-refractivity contribution in [3.8, 4) is 0 Å². The highest BCUT2D eigenvalue weighted by atomic mass is 19.1. The number of hydrogen-bond acceptors (Lipinski definition) is 3. The van der Waals surface area contributed by atoms with E-state index in [2.05, 4.69) is 36.8 Å². The molecule has 1 aromatic heterocycles. The van der Waals surface area contributed by atoms with Crippen molar-refractivity contribution < 1.29 is 4.39 Å². The molecule has 1 saturated heterocycles. The number of allylic oxidation sites excluding steroid dienone is 3. The van der Waals surface area contributed by atoms with Gasteiger partial charge in [-0.05, 0) is 69.2 Å². The van der Waals surface area contributed by atoms with Crippen LogP contribution in [0.3, 0.4) is 0 Å². The van der Waals surface area contributed by atoms with Crippen molar-refractivity contribution in [3.63, 3.8) is 0 Å². The van der Waals surface area contributed by atoms with E-state index >= 15 is 0 Å². The third-order valence-electron chi connectivity index (χ3n) is 5.21. The molecular formula is C23H35FN4. The van der Waals surface area contributed by atoms with E-state index in [-0.39, 0.29) is 11.7 Å². The van der Waals surface area contributed by atoms with Gasteiger partial charge < -0.3 is 11.1 Å². The second-order valence-electron chi connectivity index (χ2n) is 7.77. The second kappa shape index (κ2) is 10.4. The van der Waals surface area contributed by atoms with E-state index in [4.69, 9.17) is 5.73 Å². The largest absolute Gasteiger partial charge is 0.404 e. The van der Waals surface area contributed by atoms with E-state index in [1.807, 2.05) is 17.7 Å². The summed E-state index contributed by atoms with van der Waals surface area (Å²) >= 11 is 0. The Morgan fingerprint density at radius 1 is 1.43 bits per heavy atom. The topological polar surface area (TPSA) is 55.3 Å². The van der Waals surface area contributed by atoms with Crippen LogP contribution in [0.5, 0.6) is 0 Å². The molecule has 1 aliphatic heterocycles. The van der Waals surface area contributed by atoms with Crippen LogP contribution in [0.2, 0.25) is 0 Å². The summed E-state index contributed by atoms with van der Waals surface area (Å²) in [6.07, 6.45) is 11.0. The number of halogens is 1. The van der Waals surface area contributed by atoms with E-state index in [9.17, 15) is 4.39 Å². The summed E-state index contributed by atoms with van der Waals surface area (Å²) < 4.78 is 16.7. The summed E-state index contributed by atoms with van der Waals surface area (Å²) in [6, 6.07) is 0. The molecule has 0 radical (unpaired) electrons. The molecule has 0 unspecified atom stereocenters. The van der Waals surface area contributed by atoms with Gasteiger partial charge in [0.05, 0.1) is 5.35 Å². The van der Waals surface area contributed by atoms with Gasteiger partial charge in [-0.25, -0.2) is 9.38 Å². The predicted octanol–water partition coefficient (Wildman–Crippen LogP) is 3.52. The van der Waals surface area contributed by atoms with Crippen LogP contribution in [0.1, 0.15) is 64.9 Å². The smallest absolute Gasteiger partial charge is 0.173 e. The molecule has 0 spiro atoms. The predicted molar refractivity (Wildman–Crippen MR) is 118 cm³/mol. The normalized spacial score (nSPS) is 18.4. The highest BCUT2D eigenvalue weighted by molar-refractivity contribution is 5.99. The Labute approximate surface area is 168 Å². The van der Waals surface area contributed by atoms with E-state index in [0.717, 1.165) is 42.9 Å². The van der Waals surface area contributed by atoms with Crippen LogP contribution in [0, 0.1) is 5.92 Å². The maximum absolute atomic E-state index is 14.8. The zero-order chi connectivity index (χ0) is 20.7. The minimum Gasteiger partial charge on any atom is -0.404 e. The lowest BCUT2D eigenvalue weighted by Gasteiger charge is -2.22. The first-order valence-electron chi connectivity index (χ1n) is 10.4. The molecule has 1 fully saturated rings. The molecule has 1 aromatic rings. The van der Waals surface area contributed by atoms with Gasteiger partial charge in [-0.15, -0.1) is 0 Å². The lowest BCUT2D eigenvalue weighted by atomic mass is 9.91. The highest BCUT2D eigenvalue weighted by Crippen LogP contribution is 2.22. The van der Waals surface area contributed by atoms with E-state index in [1.54, 1.807) is 13.1 Å². The maximum atomic E-state index is 14.8. The average Bonchev–Trinajstić information content (AvgIpc) is 3.08. The number of nitrogens with one attached hydrogen (secondary N) is 1. The fraction of sp³-hybridized carbons (Fsp3) is 0.522. The first kappa shape index (κ1) is 22.2. The van der Waals surface area contributed by atoms with Crippen LogP contribution < -0.4 is 21.6 Å². The molecule has 0 amide bonds. The Morgan fingerprint density at radius 2 is 2.11 bits per heavy atom. The van der Waals surface area contributed by atoms with Crippen molar-refractivity contribution in [2.75, 3.05) is 13.1 Å². The number of aliphatic imine (C=N–C) groups is 1. The number of hydrogen-bond donors (Lipinski definition) is 2. The van der Waals surface area contributed by atoms with Crippen molar-refractivity contribution in [1.82, 2.24) is 9.88 Å². The first-order valence-corrected chi connectivity index (χ1v) is 10.4. The summed E-state index contributed by atoms with van der Waals surface area (Å²) in [5.41, 5.74) is 7.90. The summed E-state index contributed by atoms with van der Waals surface area (Å²) in [7, 11) is 0. The van der Waals surface area contributed by atoms with Crippen LogP contribution in [0.4, 0.5) is 4.39 Å². The van der Waals surface area contributed by atoms with Crippen LogP contribution in [0.25, 0.3) is 12.3 Å². The lowest BCUT2D eigenvalue weighted by molar-refractivity contribution is 0.459. The fourth-order valence-electron chi connectivity index (χ4n) is 3.51. The van der Waals surface area contributed by atoms with Gasteiger partial charge in [0, 0.05) is 23.3 Å². The minimum absolute atomic E-state index is 0.285. The fourth-order valence-corrected chi connectivity index (χ4v) is 3.51. The van der Waals surface area contributed by atoms with Gasteiger partial charge in [-0.3, -0.25) is 4.57 Å². The van der Waals surface area contributed by atoms with Gasteiger partial charge >= 0.3 is 0 Å². The molecule has 1 aliphatic rings. The Hall–Kier alpha value is -2.14. The number of rotatable bonds is 6. The molecule has 0 atom stereocenters. The molecule has 0 saturated carbocycles. The van der Waals surface area contributed by atoms with Gasteiger partial charge in [0.1, 0.15) is 0 Å². The molecule has 3 N–H and O–H groups in total. The molecule has 4 nitrogen and oxygen atoms in total. The zero-order valence-corrected chi connectivity index (χ0v) is 17.8. The number of nitrogens with zero attached hydrogens (tertiary/aromatic N) is 2. The number of nitrogens with two attached hydrogens (primary N) is 1. The molecule has 0 bridgehead atoms. The first-order chi connectivity index (χ1) is 13.4. The standard InChI is InChI=1S/C23H35FN4/c1-6-17(5)27-23(21(24)7-2)28-15-20(18-10-12-26-13-11-18)19(14-25)22(28)9-8-16(3)4/h7,9,14-16,18,26H,5-6,8,10-13,25H2,1-4H3/b19-14-,21-7+,22-9+,27-23?. The SMILES string of the molecule is C=C(CC)N=C(/C(F)=C\C)n1cc(C2CCNCC2)c(=C/N)/c1=C\CC(C)C. The zero-order valence-electron chi connectivity index (χ0n) is 17.8. The molecule has 0 aliphatic carbocycles. The number of aromatic nitrogens is 1. The van der Waals surface area contributed by atoms with Crippen LogP contribution in [0.15, 0.2) is 35.4 Å². The highest BCUT2D eigenvalue weighted by Gasteiger charge is 2.21. The number of piperidine rings is 1. The van der Waals surface area contributed by atoms with E-state index in [0.29, 0.717) is 24.0 Å². The maximum Gasteiger partial charge on any atom is 0.173 e. The Bertz CT molecular complexity index is 852. The Morgan fingerprint density at radius 3 is 2.64 bits per heavy atom. The molecular weight excluding hydrogens is 351 g/mol.